The highest BCUT2D eigenvalue weighted by atomic mass is 19.4. The number of benzene rings is 1. The third-order valence-corrected chi connectivity index (χ3v) is 3.10. The van der Waals surface area contributed by atoms with Crippen molar-refractivity contribution >= 4 is 11.8 Å². The van der Waals surface area contributed by atoms with E-state index in [1.165, 1.54) is 12.1 Å². The summed E-state index contributed by atoms with van der Waals surface area (Å²) in [6, 6.07) is 4.16. The average molecular weight is 317 g/mol. The number of halogens is 3. The van der Waals surface area contributed by atoms with Crippen LogP contribution in [0.25, 0.3) is 0 Å². The van der Waals surface area contributed by atoms with Gasteiger partial charge in [0.2, 0.25) is 11.8 Å². The van der Waals surface area contributed by atoms with Gasteiger partial charge < -0.3 is 15.8 Å². The fourth-order valence-corrected chi connectivity index (χ4v) is 2.30. The van der Waals surface area contributed by atoms with Gasteiger partial charge in [-0.25, -0.2) is 0 Å². The maximum Gasteiger partial charge on any atom is 0.573 e. The van der Waals surface area contributed by atoms with E-state index in [0.29, 0.717) is 18.7 Å². The Hall–Kier alpha value is -2.29. The summed E-state index contributed by atoms with van der Waals surface area (Å²) in [5.41, 5.74) is 5.60. The lowest BCUT2D eigenvalue weighted by Gasteiger charge is -2.34. The highest BCUT2D eigenvalue weighted by Crippen LogP contribution is 2.27. The number of nitrogens with zero attached hydrogens (tertiary/aromatic N) is 1. The van der Waals surface area contributed by atoms with Crippen LogP contribution in [0.15, 0.2) is 24.3 Å². The minimum atomic E-state index is -4.78. The number of hydrogen-bond acceptors (Lipinski definition) is 4. The van der Waals surface area contributed by atoms with Gasteiger partial charge in [0.05, 0.1) is 6.54 Å². The van der Waals surface area contributed by atoms with Crippen molar-refractivity contribution in [1.82, 2.24) is 10.2 Å². The number of carbonyl (C=O) groups excluding carboxylic acids is 2. The van der Waals surface area contributed by atoms with E-state index in [2.05, 4.69) is 10.1 Å². The summed E-state index contributed by atoms with van der Waals surface area (Å²) in [6.45, 7) is 0.678. The molecule has 0 aliphatic carbocycles. The van der Waals surface area contributed by atoms with E-state index in [0.717, 1.165) is 12.1 Å². The Labute approximate surface area is 124 Å². The Balaban J connectivity index is 2.19. The average Bonchev–Trinajstić information content (AvgIpc) is 2.38. The van der Waals surface area contributed by atoms with E-state index >= 15 is 0 Å². The zero-order valence-electron chi connectivity index (χ0n) is 11.4. The van der Waals surface area contributed by atoms with E-state index in [9.17, 15) is 22.8 Å². The fourth-order valence-electron chi connectivity index (χ4n) is 2.30. The van der Waals surface area contributed by atoms with Gasteiger partial charge in [-0.05, 0) is 17.7 Å². The van der Waals surface area contributed by atoms with Crippen LogP contribution < -0.4 is 15.8 Å². The molecule has 6 nitrogen and oxygen atoms in total. The van der Waals surface area contributed by atoms with Crippen molar-refractivity contribution in [2.45, 2.75) is 12.4 Å². The predicted octanol–water partition coefficient (Wildman–Crippen LogP) is 0.543. The van der Waals surface area contributed by atoms with Crippen molar-refractivity contribution in [1.29, 1.82) is 0 Å². The number of ether oxygens (including phenoxy) is 1. The first-order chi connectivity index (χ1) is 10.3. The molecule has 1 aromatic rings. The molecule has 1 aliphatic rings. The molecule has 1 unspecified atom stereocenters. The summed E-state index contributed by atoms with van der Waals surface area (Å²) in [5, 5.41) is 2.64. The predicted molar refractivity (Wildman–Crippen MR) is 69.6 cm³/mol. The molecule has 2 rings (SSSR count). The van der Waals surface area contributed by atoms with Gasteiger partial charge >= 0.3 is 6.36 Å². The molecule has 9 heteroatoms. The van der Waals surface area contributed by atoms with Crippen molar-refractivity contribution in [3.8, 4) is 5.75 Å². The van der Waals surface area contributed by atoms with Crippen LogP contribution in [0.4, 0.5) is 13.2 Å². The number of piperazine rings is 1. The first kappa shape index (κ1) is 16.1. The molecule has 1 aromatic carbocycles. The van der Waals surface area contributed by atoms with Crippen LogP contribution in [-0.2, 0) is 9.59 Å². The van der Waals surface area contributed by atoms with Crippen LogP contribution in [0.5, 0.6) is 5.75 Å². The molecule has 0 saturated carbocycles. The molecule has 22 heavy (non-hydrogen) atoms. The summed E-state index contributed by atoms with van der Waals surface area (Å²) >= 11 is 0. The van der Waals surface area contributed by atoms with Gasteiger partial charge in [0.25, 0.3) is 0 Å². The zero-order chi connectivity index (χ0) is 16.3. The summed E-state index contributed by atoms with van der Waals surface area (Å²) in [4.78, 5) is 24.6. The summed E-state index contributed by atoms with van der Waals surface area (Å²) in [7, 11) is 0. The Morgan fingerprint density at radius 1 is 1.36 bits per heavy atom. The molecule has 1 saturated heterocycles. The molecule has 0 radical (unpaired) electrons. The van der Waals surface area contributed by atoms with Crippen molar-refractivity contribution in [2.75, 3.05) is 19.6 Å². The zero-order valence-corrected chi connectivity index (χ0v) is 11.4. The molecule has 0 bridgehead atoms. The molecule has 2 amide bonds. The van der Waals surface area contributed by atoms with Crippen molar-refractivity contribution in [2.24, 2.45) is 5.73 Å². The second-order valence-electron chi connectivity index (χ2n) is 4.75. The van der Waals surface area contributed by atoms with Gasteiger partial charge in [-0.2, -0.15) is 0 Å². The highest BCUT2D eigenvalue weighted by Gasteiger charge is 2.33. The van der Waals surface area contributed by atoms with Gasteiger partial charge in [0, 0.05) is 13.1 Å². The van der Waals surface area contributed by atoms with Crippen LogP contribution in [0, 0.1) is 0 Å². The third-order valence-electron chi connectivity index (χ3n) is 3.10. The van der Waals surface area contributed by atoms with Gasteiger partial charge in [-0.3, -0.25) is 14.5 Å². The first-order valence-corrected chi connectivity index (χ1v) is 6.42. The minimum Gasteiger partial charge on any atom is -0.406 e. The molecule has 1 fully saturated rings. The topological polar surface area (TPSA) is 84.7 Å². The summed E-state index contributed by atoms with van der Waals surface area (Å²) in [5.74, 6) is -1.30. The Kier molecular flexibility index (Phi) is 4.55. The summed E-state index contributed by atoms with van der Waals surface area (Å²) < 4.78 is 40.1. The van der Waals surface area contributed by atoms with Crippen molar-refractivity contribution in [3.05, 3.63) is 29.8 Å². The second kappa shape index (κ2) is 6.22. The lowest BCUT2D eigenvalue weighted by molar-refractivity contribution is -0.274. The molecule has 3 N–H and O–H groups in total. The molecular weight excluding hydrogens is 303 g/mol. The number of rotatable bonds is 4. The van der Waals surface area contributed by atoms with E-state index in [4.69, 9.17) is 5.73 Å². The van der Waals surface area contributed by atoms with Crippen molar-refractivity contribution < 1.29 is 27.5 Å². The molecule has 0 aromatic heterocycles. The number of carbonyl (C=O) groups is 2. The number of primary amides is 1. The fraction of sp³-hybridized carbons (Fsp3) is 0.385. The third kappa shape index (κ3) is 4.10. The maximum absolute atomic E-state index is 12.1. The molecular formula is C13H14F3N3O3. The smallest absolute Gasteiger partial charge is 0.406 e. The van der Waals surface area contributed by atoms with Crippen LogP contribution >= 0.6 is 0 Å². The summed E-state index contributed by atoms with van der Waals surface area (Å²) in [6.07, 6.45) is -4.78. The normalized spacial score (nSPS) is 19.6. The quantitative estimate of drug-likeness (QED) is 0.849. The number of alkyl halides is 3. The van der Waals surface area contributed by atoms with E-state index < -0.39 is 18.3 Å². The van der Waals surface area contributed by atoms with Crippen LogP contribution in [0.2, 0.25) is 0 Å². The SMILES string of the molecule is NC(=O)CN1CCNC(=O)C1c1ccc(OC(F)(F)F)cc1. The first-order valence-electron chi connectivity index (χ1n) is 6.42. The lowest BCUT2D eigenvalue weighted by Crippen LogP contribution is -2.52. The number of nitrogens with two attached hydrogens (primary N) is 1. The van der Waals surface area contributed by atoms with Crippen LogP contribution in [0.1, 0.15) is 11.6 Å². The minimum absolute atomic E-state index is 0.112. The van der Waals surface area contributed by atoms with Gasteiger partial charge in [-0.1, -0.05) is 12.1 Å². The largest absolute Gasteiger partial charge is 0.573 e. The van der Waals surface area contributed by atoms with Crippen molar-refractivity contribution in [3.63, 3.8) is 0 Å². The molecule has 1 aliphatic heterocycles. The Morgan fingerprint density at radius 2 is 2.00 bits per heavy atom. The monoisotopic (exact) mass is 317 g/mol. The van der Waals surface area contributed by atoms with E-state index in [1.54, 1.807) is 4.90 Å². The number of nitrogens with one attached hydrogen (secondary N) is 1. The van der Waals surface area contributed by atoms with Crippen LogP contribution in [-0.4, -0.2) is 42.7 Å². The lowest BCUT2D eigenvalue weighted by atomic mass is 10.0. The van der Waals surface area contributed by atoms with E-state index in [-0.39, 0.29) is 18.2 Å². The molecule has 1 heterocycles. The van der Waals surface area contributed by atoms with Crippen LogP contribution in [0.3, 0.4) is 0 Å². The van der Waals surface area contributed by atoms with E-state index in [1.807, 2.05) is 0 Å². The van der Waals surface area contributed by atoms with Gasteiger partial charge in [0.1, 0.15) is 11.8 Å². The second-order valence-corrected chi connectivity index (χ2v) is 4.75. The molecule has 120 valence electrons. The highest BCUT2D eigenvalue weighted by molar-refractivity contribution is 5.85. The molecule has 1 atom stereocenters. The Bertz CT molecular complexity index is 560. The molecule has 0 spiro atoms. The standard InChI is InChI=1S/C13H14F3N3O3/c14-13(15,16)22-9-3-1-8(2-4-9)11-12(21)18-5-6-19(11)7-10(17)20/h1-4,11H,5-7H2,(H2,17,20)(H,18,21). The maximum atomic E-state index is 12.1. The number of amides is 2. The number of hydrogen-bond donors (Lipinski definition) is 2. The van der Waals surface area contributed by atoms with Gasteiger partial charge in [-0.15, -0.1) is 13.2 Å². The van der Waals surface area contributed by atoms with Gasteiger partial charge in [0.15, 0.2) is 0 Å². The Morgan fingerprint density at radius 3 is 2.55 bits per heavy atom.